The second-order valence-electron chi connectivity index (χ2n) is 5.06. The summed E-state index contributed by atoms with van der Waals surface area (Å²) in [6.45, 7) is 6.40. The van der Waals surface area contributed by atoms with E-state index in [1.54, 1.807) is 20.8 Å². The highest BCUT2D eigenvalue weighted by atomic mass is 19.4. The Morgan fingerprint density at radius 1 is 1.12 bits per heavy atom. The van der Waals surface area contributed by atoms with E-state index in [2.05, 4.69) is 0 Å². The Balaban J connectivity index is 3.35. The van der Waals surface area contributed by atoms with Crippen molar-refractivity contribution in [1.29, 1.82) is 0 Å². The molecule has 0 aromatic heterocycles. The Bertz CT molecular complexity index is 439. The van der Waals surface area contributed by atoms with E-state index in [0.717, 1.165) is 6.07 Å². The molecule has 0 amide bonds. The van der Waals surface area contributed by atoms with E-state index in [9.17, 15) is 18.0 Å². The summed E-state index contributed by atoms with van der Waals surface area (Å²) in [5.41, 5.74) is -1.28. The van der Waals surface area contributed by atoms with Gasteiger partial charge in [0, 0.05) is 11.0 Å². The summed E-state index contributed by atoms with van der Waals surface area (Å²) in [5, 5.41) is 0. The largest absolute Gasteiger partial charge is 0.416 e. The second kappa shape index (κ2) is 4.17. The van der Waals surface area contributed by atoms with Crippen molar-refractivity contribution in [3.63, 3.8) is 0 Å². The van der Waals surface area contributed by atoms with Gasteiger partial charge in [0.05, 0.1) is 5.56 Å². The van der Waals surface area contributed by atoms with Gasteiger partial charge in [0.15, 0.2) is 5.78 Å². The van der Waals surface area contributed by atoms with Crippen LogP contribution in [0.1, 0.15) is 42.3 Å². The Morgan fingerprint density at radius 3 is 2.06 bits per heavy atom. The van der Waals surface area contributed by atoms with Crippen molar-refractivity contribution in [2.24, 2.45) is 5.41 Å². The summed E-state index contributed by atoms with van der Waals surface area (Å²) in [7, 11) is 0. The molecule has 0 heterocycles. The highest BCUT2D eigenvalue weighted by Crippen LogP contribution is 2.34. The first-order chi connectivity index (χ1) is 7.55. The van der Waals surface area contributed by atoms with Gasteiger partial charge < -0.3 is 0 Å². The van der Waals surface area contributed by atoms with Crippen molar-refractivity contribution in [2.45, 2.75) is 33.9 Å². The molecular weight excluding hydrogens is 229 g/mol. The molecule has 4 heteroatoms. The SMILES string of the molecule is Cc1c(C(=O)C(C)(C)C)cccc1C(F)(F)F. The summed E-state index contributed by atoms with van der Waals surface area (Å²) in [6, 6.07) is 3.71. The molecule has 1 nitrogen and oxygen atoms in total. The van der Waals surface area contributed by atoms with Gasteiger partial charge in [-0.25, -0.2) is 0 Å². The van der Waals surface area contributed by atoms with Crippen molar-refractivity contribution in [3.05, 3.63) is 34.9 Å². The van der Waals surface area contributed by atoms with Gasteiger partial charge in [0.25, 0.3) is 0 Å². The van der Waals surface area contributed by atoms with Gasteiger partial charge in [-0.1, -0.05) is 32.9 Å². The molecule has 94 valence electrons. The van der Waals surface area contributed by atoms with Crippen LogP contribution in [0.4, 0.5) is 13.2 Å². The van der Waals surface area contributed by atoms with Crippen molar-refractivity contribution in [1.82, 2.24) is 0 Å². The quantitative estimate of drug-likeness (QED) is 0.675. The maximum atomic E-state index is 12.7. The number of Topliss-reactive ketones (excluding diaryl/α,β-unsaturated/α-hetero) is 1. The first kappa shape index (κ1) is 13.7. The molecule has 1 aromatic rings. The lowest BCUT2D eigenvalue weighted by Crippen LogP contribution is -2.22. The third kappa shape index (κ3) is 2.87. The standard InChI is InChI=1S/C13H15F3O/c1-8-9(11(17)12(2,3)4)6-5-7-10(8)13(14,15)16/h5-7H,1-4H3. The van der Waals surface area contributed by atoms with Gasteiger partial charge in [0.1, 0.15) is 0 Å². The molecule has 0 bridgehead atoms. The molecule has 0 aliphatic heterocycles. The van der Waals surface area contributed by atoms with Gasteiger partial charge in [-0.05, 0) is 18.6 Å². The number of ketones is 1. The third-order valence-electron chi connectivity index (χ3n) is 2.57. The topological polar surface area (TPSA) is 17.1 Å². The van der Waals surface area contributed by atoms with Crippen molar-refractivity contribution in [2.75, 3.05) is 0 Å². The molecule has 17 heavy (non-hydrogen) atoms. The first-order valence-electron chi connectivity index (χ1n) is 5.27. The molecule has 0 saturated heterocycles. The Hall–Kier alpha value is -1.32. The molecule has 0 unspecified atom stereocenters. The lowest BCUT2D eigenvalue weighted by atomic mass is 9.84. The van der Waals surface area contributed by atoms with Crippen LogP contribution >= 0.6 is 0 Å². The fourth-order valence-corrected chi connectivity index (χ4v) is 1.59. The predicted molar refractivity (Wildman–Crippen MR) is 60.0 cm³/mol. The van der Waals surface area contributed by atoms with E-state index >= 15 is 0 Å². The number of hydrogen-bond donors (Lipinski definition) is 0. The number of alkyl halides is 3. The van der Waals surface area contributed by atoms with Crippen LogP contribution < -0.4 is 0 Å². The summed E-state index contributed by atoms with van der Waals surface area (Å²) >= 11 is 0. The van der Waals surface area contributed by atoms with Crippen LogP contribution in [0.2, 0.25) is 0 Å². The summed E-state index contributed by atoms with van der Waals surface area (Å²) in [4.78, 5) is 12.0. The lowest BCUT2D eigenvalue weighted by molar-refractivity contribution is -0.138. The van der Waals surface area contributed by atoms with Gasteiger partial charge >= 0.3 is 6.18 Å². The van der Waals surface area contributed by atoms with E-state index in [1.807, 2.05) is 0 Å². The molecule has 0 saturated carbocycles. The molecule has 0 N–H and O–H groups in total. The number of carbonyl (C=O) groups excluding carboxylic acids is 1. The van der Waals surface area contributed by atoms with Crippen molar-refractivity contribution in [3.8, 4) is 0 Å². The highest BCUT2D eigenvalue weighted by Gasteiger charge is 2.34. The van der Waals surface area contributed by atoms with Gasteiger partial charge in [-0.15, -0.1) is 0 Å². The average molecular weight is 244 g/mol. The number of benzene rings is 1. The summed E-state index contributed by atoms with van der Waals surface area (Å²) in [6.07, 6.45) is -4.42. The third-order valence-corrected chi connectivity index (χ3v) is 2.57. The number of halogens is 3. The zero-order chi connectivity index (χ0) is 13.4. The molecule has 0 spiro atoms. The number of hydrogen-bond acceptors (Lipinski definition) is 1. The van der Waals surface area contributed by atoms with E-state index in [1.165, 1.54) is 19.1 Å². The fourth-order valence-electron chi connectivity index (χ4n) is 1.59. The molecule has 1 aromatic carbocycles. The van der Waals surface area contributed by atoms with Crippen LogP contribution in [-0.2, 0) is 6.18 Å². The first-order valence-corrected chi connectivity index (χ1v) is 5.27. The van der Waals surface area contributed by atoms with Crippen LogP contribution in [0.3, 0.4) is 0 Å². The molecule has 1 rings (SSSR count). The van der Waals surface area contributed by atoms with E-state index in [-0.39, 0.29) is 16.9 Å². The minimum Gasteiger partial charge on any atom is -0.294 e. The minimum absolute atomic E-state index is 0.0000694. The van der Waals surface area contributed by atoms with Crippen molar-refractivity contribution < 1.29 is 18.0 Å². The molecule has 0 aliphatic rings. The highest BCUT2D eigenvalue weighted by molar-refractivity contribution is 6.01. The van der Waals surface area contributed by atoms with Gasteiger partial charge in [-0.3, -0.25) is 4.79 Å². The fraction of sp³-hybridized carbons (Fsp3) is 0.462. The minimum atomic E-state index is -4.42. The Morgan fingerprint density at radius 2 is 1.65 bits per heavy atom. The second-order valence-corrected chi connectivity index (χ2v) is 5.06. The monoisotopic (exact) mass is 244 g/mol. The maximum absolute atomic E-state index is 12.7. The molecule has 0 aliphatic carbocycles. The zero-order valence-electron chi connectivity index (χ0n) is 10.3. The van der Waals surface area contributed by atoms with E-state index < -0.39 is 17.2 Å². The maximum Gasteiger partial charge on any atom is 0.416 e. The molecule has 0 fully saturated rings. The summed E-state index contributed by atoms with van der Waals surface area (Å²) < 4.78 is 38.0. The van der Waals surface area contributed by atoms with Crippen LogP contribution in [0.25, 0.3) is 0 Å². The van der Waals surface area contributed by atoms with Crippen molar-refractivity contribution >= 4 is 5.78 Å². The van der Waals surface area contributed by atoms with Crippen LogP contribution in [0.15, 0.2) is 18.2 Å². The van der Waals surface area contributed by atoms with Gasteiger partial charge in [0.2, 0.25) is 0 Å². The Labute approximate surface area is 98.6 Å². The molecule has 0 radical (unpaired) electrons. The van der Waals surface area contributed by atoms with Crippen LogP contribution in [-0.4, -0.2) is 5.78 Å². The normalized spacial score (nSPS) is 12.6. The summed E-state index contributed by atoms with van der Waals surface area (Å²) in [5.74, 6) is -0.277. The van der Waals surface area contributed by atoms with E-state index in [0.29, 0.717) is 0 Å². The number of carbonyl (C=O) groups is 1. The van der Waals surface area contributed by atoms with E-state index in [4.69, 9.17) is 0 Å². The Kier molecular flexibility index (Phi) is 3.37. The molecule has 0 atom stereocenters. The molecular formula is C13H15F3O. The number of rotatable bonds is 1. The average Bonchev–Trinajstić information content (AvgIpc) is 2.13. The van der Waals surface area contributed by atoms with Crippen LogP contribution in [0, 0.1) is 12.3 Å². The smallest absolute Gasteiger partial charge is 0.294 e. The zero-order valence-corrected chi connectivity index (χ0v) is 10.3. The van der Waals surface area contributed by atoms with Gasteiger partial charge in [-0.2, -0.15) is 13.2 Å². The lowest BCUT2D eigenvalue weighted by Gasteiger charge is -2.20. The predicted octanol–water partition coefficient (Wildman–Crippen LogP) is 4.24. The van der Waals surface area contributed by atoms with Crippen LogP contribution in [0.5, 0.6) is 0 Å².